The zero-order valence-corrected chi connectivity index (χ0v) is 11.4. The molecule has 1 unspecified atom stereocenters. The Labute approximate surface area is 89.2 Å². The lowest BCUT2D eigenvalue weighted by Gasteiger charge is -2.30. The molecule has 0 saturated heterocycles. The molecule has 0 aliphatic carbocycles. The molecule has 3 heteroatoms. The number of hydrogen-bond donors (Lipinski definition) is 0. The van der Waals surface area contributed by atoms with Crippen molar-refractivity contribution in [3.63, 3.8) is 0 Å². The largest absolute Gasteiger partial charge is 0.414 e. The van der Waals surface area contributed by atoms with E-state index < -0.39 is 8.32 Å². The molecule has 0 aliphatic rings. The third-order valence-electron chi connectivity index (χ3n) is 2.56. The van der Waals surface area contributed by atoms with Gasteiger partial charge in [-0.15, -0.1) is 0 Å². The number of carbonyl (C=O) groups is 1. The molecule has 0 amide bonds. The van der Waals surface area contributed by atoms with Crippen molar-refractivity contribution in [1.29, 1.82) is 0 Å². The van der Waals surface area contributed by atoms with Gasteiger partial charge in [-0.2, -0.15) is 0 Å². The molecular formula is C11H24O2Si. The molecule has 0 aliphatic heterocycles. The minimum atomic E-state index is -1.82. The zero-order chi connectivity index (χ0) is 11.4. The van der Waals surface area contributed by atoms with E-state index in [1.54, 1.807) is 0 Å². The van der Waals surface area contributed by atoms with Crippen LogP contribution in [0.25, 0.3) is 0 Å². The fourth-order valence-corrected chi connectivity index (χ4v) is 3.90. The Kier molecular flexibility index (Phi) is 5.60. The van der Waals surface area contributed by atoms with Gasteiger partial charge in [0.25, 0.3) is 0 Å². The van der Waals surface area contributed by atoms with Crippen LogP contribution in [-0.2, 0) is 9.22 Å². The van der Waals surface area contributed by atoms with E-state index in [-0.39, 0.29) is 11.6 Å². The molecule has 14 heavy (non-hydrogen) atoms. The molecule has 0 aromatic carbocycles. The Morgan fingerprint density at radius 3 is 2.14 bits per heavy atom. The second-order valence-corrected chi connectivity index (χ2v) is 9.02. The normalized spacial score (nSPS) is 14.5. The van der Waals surface area contributed by atoms with Gasteiger partial charge in [0.2, 0.25) is 0 Å². The van der Waals surface area contributed by atoms with Gasteiger partial charge in [0.1, 0.15) is 5.78 Å². The van der Waals surface area contributed by atoms with Crippen LogP contribution < -0.4 is 0 Å². The summed E-state index contributed by atoms with van der Waals surface area (Å²) >= 11 is 0. The summed E-state index contributed by atoms with van der Waals surface area (Å²) in [6, 6.07) is 0. The molecule has 0 spiro atoms. The first kappa shape index (κ1) is 13.8. The van der Waals surface area contributed by atoms with Crippen molar-refractivity contribution in [3.05, 3.63) is 0 Å². The van der Waals surface area contributed by atoms with Gasteiger partial charge < -0.3 is 4.43 Å². The van der Waals surface area contributed by atoms with E-state index >= 15 is 0 Å². The van der Waals surface area contributed by atoms with E-state index in [2.05, 4.69) is 13.1 Å². The third-order valence-corrected chi connectivity index (χ3v) is 6.05. The third kappa shape index (κ3) is 4.38. The number of hydrogen-bond acceptors (Lipinski definition) is 2. The molecule has 0 bridgehead atoms. The second-order valence-electron chi connectivity index (χ2n) is 4.71. The first-order valence-corrected chi connectivity index (χ1v) is 8.50. The average Bonchev–Trinajstić information content (AvgIpc) is 2.01. The lowest BCUT2D eigenvalue weighted by atomic mass is 10.2. The van der Waals surface area contributed by atoms with E-state index in [4.69, 9.17) is 4.43 Å². The molecule has 0 saturated carbocycles. The van der Waals surface area contributed by atoms with Crippen LogP contribution in [-0.4, -0.2) is 20.2 Å². The van der Waals surface area contributed by atoms with Gasteiger partial charge in [-0.1, -0.05) is 13.8 Å². The highest BCUT2D eigenvalue weighted by Gasteiger charge is 2.35. The van der Waals surface area contributed by atoms with Gasteiger partial charge in [-0.05, 0) is 33.4 Å². The van der Waals surface area contributed by atoms with E-state index in [1.165, 1.54) is 0 Å². The summed E-state index contributed by atoms with van der Waals surface area (Å²) in [5.41, 5.74) is 0.116. The standard InChI is InChI=1S/C11H24O2Si/c1-7-8-11(12)10(4)14(5,6)13-9(2)3/h9-10H,7-8H2,1-6H3. The van der Waals surface area contributed by atoms with E-state index in [0.717, 1.165) is 6.42 Å². The molecule has 1 atom stereocenters. The van der Waals surface area contributed by atoms with Crippen molar-refractivity contribution >= 4 is 14.1 Å². The summed E-state index contributed by atoms with van der Waals surface area (Å²) in [6.45, 7) is 12.4. The fourth-order valence-electron chi connectivity index (χ4n) is 1.56. The number of carbonyl (C=O) groups excluding carboxylic acids is 1. The summed E-state index contributed by atoms with van der Waals surface area (Å²) < 4.78 is 5.88. The Morgan fingerprint density at radius 1 is 1.29 bits per heavy atom. The first-order valence-electron chi connectivity index (χ1n) is 5.51. The Morgan fingerprint density at radius 2 is 1.79 bits per heavy atom. The predicted octanol–water partition coefficient (Wildman–Crippen LogP) is 3.38. The van der Waals surface area contributed by atoms with Crippen LogP contribution in [0.2, 0.25) is 18.6 Å². The summed E-state index contributed by atoms with van der Waals surface area (Å²) in [4.78, 5) is 11.7. The van der Waals surface area contributed by atoms with Gasteiger partial charge in [0, 0.05) is 18.1 Å². The van der Waals surface area contributed by atoms with Crippen LogP contribution >= 0.6 is 0 Å². The van der Waals surface area contributed by atoms with Crippen molar-refractivity contribution in [2.24, 2.45) is 0 Å². The molecule has 0 fully saturated rings. The monoisotopic (exact) mass is 216 g/mol. The number of rotatable bonds is 6. The minimum absolute atomic E-state index is 0.116. The van der Waals surface area contributed by atoms with Crippen molar-refractivity contribution in [2.45, 2.75) is 65.3 Å². The summed E-state index contributed by atoms with van der Waals surface area (Å²) in [5.74, 6) is 0.366. The molecule has 0 rings (SSSR count). The quantitative estimate of drug-likeness (QED) is 0.636. The molecule has 0 radical (unpaired) electrons. The molecule has 0 N–H and O–H groups in total. The molecular weight excluding hydrogens is 192 g/mol. The van der Waals surface area contributed by atoms with Gasteiger partial charge in [-0.3, -0.25) is 4.79 Å². The predicted molar refractivity (Wildman–Crippen MR) is 63.0 cm³/mol. The summed E-state index contributed by atoms with van der Waals surface area (Å²) in [5, 5.41) is 0. The molecule has 2 nitrogen and oxygen atoms in total. The van der Waals surface area contributed by atoms with Crippen LogP contribution in [0.5, 0.6) is 0 Å². The first-order chi connectivity index (χ1) is 6.31. The average molecular weight is 216 g/mol. The minimum Gasteiger partial charge on any atom is -0.414 e. The lowest BCUT2D eigenvalue weighted by Crippen LogP contribution is -2.41. The Balaban J connectivity index is 4.33. The maximum atomic E-state index is 11.7. The van der Waals surface area contributed by atoms with Crippen molar-refractivity contribution in [3.8, 4) is 0 Å². The maximum absolute atomic E-state index is 11.7. The smallest absolute Gasteiger partial charge is 0.197 e. The topological polar surface area (TPSA) is 26.3 Å². The van der Waals surface area contributed by atoms with Crippen molar-refractivity contribution in [2.75, 3.05) is 0 Å². The van der Waals surface area contributed by atoms with Crippen LogP contribution in [0.15, 0.2) is 0 Å². The van der Waals surface area contributed by atoms with Crippen LogP contribution in [0.3, 0.4) is 0 Å². The highest BCUT2D eigenvalue weighted by Crippen LogP contribution is 2.26. The molecule has 0 aromatic heterocycles. The van der Waals surface area contributed by atoms with Crippen molar-refractivity contribution < 1.29 is 9.22 Å². The fraction of sp³-hybridized carbons (Fsp3) is 0.909. The molecule has 84 valence electrons. The van der Waals surface area contributed by atoms with Gasteiger partial charge in [0.05, 0.1) is 0 Å². The molecule has 0 aromatic rings. The van der Waals surface area contributed by atoms with Crippen LogP contribution in [0.1, 0.15) is 40.5 Å². The Hall–Kier alpha value is -0.153. The van der Waals surface area contributed by atoms with Crippen LogP contribution in [0, 0.1) is 0 Å². The summed E-state index contributed by atoms with van der Waals surface area (Å²) in [6.07, 6.45) is 1.86. The van der Waals surface area contributed by atoms with Gasteiger partial charge >= 0.3 is 0 Å². The maximum Gasteiger partial charge on any atom is 0.197 e. The van der Waals surface area contributed by atoms with Crippen LogP contribution in [0.4, 0.5) is 0 Å². The highest BCUT2D eigenvalue weighted by molar-refractivity contribution is 6.75. The number of ketones is 1. The SMILES string of the molecule is CCCC(=O)C(C)[Si](C)(C)OC(C)C. The van der Waals surface area contributed by atoms with E-state index in [1.807, 2.05) is 27.7 Å². The lowest BCUT2D eigenvalue weighted by molar-refractivity contribution is -0.119. The highest BCUT2D eigenvalue weighted by atomic mass is 28.4. The van der Waals surface area contributed by atoms with Crippen molar-refractivity contribution in [1.82, 2.24) is 0 Å². The number of Topliss-reactive ketones (excluding diaryl/α,β-unsaturated/α-hetero) is 1. The molecule has 0 heterocycles. The zero-order valence-electron chi connectivity index (χ0n) is 10.4. The summed E-state index contributed by atoms with van der Waals surface area (Å²) in [7, 11) is -1.82. The Bertz CT molecular complexity index is 188. The van der Waals surface area contributed by atoms with E-state index in [0.29, 0.717) is 12.2 Å². The second kappa shape index (κ2) is 5.66. The van der Waals surface area contributed by atoms with E-state index in [9.17, 15) is 4.79 Å². The van der Waals surface area contributed by atoms with Gasteiger partial charge in [-0.25, -0.2) is 0 Å². The van der Waals surface area contributed by atoms with Gasteiger partial charge in [0.15, 0.2) is 8.32 Å².